The number of aromatic nitrogens is 1. The maximum absolute atomic E-state index is 12.4. The molecule has 3 N–H and O–H groups in total. The van der Waals surface area contributed by atoms with Crippen molar-refractivity contribution in [1.29, 1.82) is 0 Å². The van der Waals surface area contributed by atoms with Gasteiger partial charge in [0.15, 0.2) is 0 Å². The van der Waals surface area contributed by atoms with Gasteiger partial charge in [0, 0.05) is 49.3 Å². The van der Waals surface area contributed by atoms with E-state index >= 15 is 0 Å². The first-order valence-corrected chi connectivity index (χ1v) is 9.09. The lowest BCUT2D eigenvalue weighted by Gasteiger charge is -2.40. The third kappa shape index (κ3) is 4.40. The maximum atomic E-state index is 12.4. The van der Waals surface area contributed by atoms with E-state index in [0.717, 1.165) is 24.0 Å². The second-order valence-corrected chi connectivity index (χ2v) is 7.34. The molecule has 8 nitrogen and oxygen atoms in total. The summed E-state index contributed by atoms with van der Waals surface area (Å²) in [5, 5.41) is 3.66. The predicted molar refractivity (Wildman–Crippen MR) is 103 cm³/mol. The zero-order valence-corrected chi connectivity index (χ0v) is 16.0. The minimum absolute atomic E-state index is 0.194. The topological polar surface area (TPSA) is 87.6 Å². The highest BCUT2D eigenvalue weighted by molar-refractivity contribution is 6.07. The monoisotopic (exact) mass is 373 g/mol. The van der Waals surface area contributed by atoms with Crippen molar-refractivity contribution in [3.63, 3.8) is 0 Å². The summed E-state index contributed by atoms with van der Waals surface area (Å²) < 4.78 is 7.25. The third-order valence-electron chi connectivity index (χ3n) is 4.98. The first-order valence-electron chi connectivity index (χ1n) is 9.09. The molecule has 0 aliphatic carbocycles. The number of carbonyl (C=O) groups excluding carboxylic acids is 2. The van der Waals surface area contributed by atoms with Crippen LogP contribution in [0.1, 0.15) is 24.2 Å². The van der Waals surface area contributed by atoms with Crippen molar-refractivity contribution in [2.24, 2.45) is 7.05 Å². The van der Waals surface area contributed by atoms with Crippen LogP contribution in [-0.4, -0.2) is 59.8 Å². The molecule has 3 rings (SSSR count). The van der Waals surface area contributed by atoms with Crippen molar-refractivity contribution >= 4 is 22.8 Å². The van der Waals surface area contributed by atoms with Gasteiger partial charge in [-0.3, -0.25) is 15.1 Å². The SMILES string of the molecule is Cn1cc(C(=O)NNC(=O)NCC(C)(C)N2CCOCC2)c2ccccc21. The summed E-state index contributed by atoms with van der Waals surface area (Å²) in [4.78, 5) is 26.8. The Morgan fingerprint density at radius 2 is 1.85 bits per heavy atom. The molecule has 1 saturated heterocycles. The van der Waals surface area contributed by atoms with Crippen LogP contribution in [0.25, 0.3) is 10.9 Å². The molecule has 0 bridgehead atoms. The molecule has 146 valence electrons. The van der Waals surface area contributed by atoms with Crippen LogP contribution in [-0.2, 0) is 11.8 Å². The van der Waals surface area contributed by atoms with E-state index in [-0.39, 0.29) is 11.4 Å². The number of ether oxygens (including phenoxy) is 1. The summed E-state index contributed by atoms with van der Waals surface area (Å²) in [5.74, 6) is -0.352. The van der Waals surface area contributed by atoms with Crippen LogP contribution < -0.4 is 16.2 Å². The smallest absolute Gasteiger partial charge is 0.333 e. The number of aryl methyl sites for hydroxylation is 1. The Bertz CT molecular complexity index is 824. The lowest BCUT2D eigenvalue weighted by Crippen LogP contribution is -2.57. The number of hydrogen-bond donors (Lipinski definition) is 3. The fourth-order valence-electron chi connectivity index (χ4n) is 3.32. The van der Waals surface area contributed by atoms with E-state index < -0.39 is 6.03 Å². The molecule has 27 heavy (non-hydrogen) atoms. The largest absolute Gasteiger partial charge is 0.379 e. The summed E-state index contributed by atoms with van der Waals surface area (Å²) in [6, 6.07) is 7.19. The number of hydrazine groups is 1. The summed E-state index contributed by atoms with van der Waals surface area (Å²) in [7, 11) is 1.88. The molecule has 0 unspecified atom stereocenters. The zero-order valence-electron chi connectivity index (χ0n) is 16.0. The van der Waals surface area contributed by atoms with Crippen molar-refractivity contribution in [2.45, 2.75) is 19.4 Å². The average Bonchev–Trinajstić information content (AvgIpc) is 3.02. The summed E-state index contributed by atoms with van der Waals surface area (Å²) in [5.41, 5.74) is 6.18. The highest BCUT2D eigenvalue weighted by Crippen LogP contribution is 2.20. The first kappa shape index (κ1) is 19.2. The highest BCUT2D eigenvalue weighted by atomic mass is 16.5. The third-order valence-corrected chi connectivity index (χ3v) is 4.98. The summed E-state index contributed by atoms with van der Waals surface area (Å²) in [6.45, 7) is 7.71. The highest BCUT2D eigenvalue weighted by Gasteiger charge is 2.28. The lowest BCUT2D eigenvalue weighted by atomic mass is 10.0. The quantitative estimate of drug-likeness (QED) is 0.704. The van der Waals surface area contributed by atoms with E-state index in [1.54, 1.807) is 6.20 Å². The number of nitrogens with zero attached hydrogens (tertiary/aromatic N) is 2. The van der Waals surface area contributed by atoms with Crippen molar-refractivity contribution in [3.8, 4) is 0 Å². The molecule has 0 saturated carbocycles. The second-order valence-electron chi connectivity index (χ2n) is 7.34. The number of para-hydroxylation sites is 1. The predicted octanol–water partition coefficient (Wildman–Crippen LogP) is 1.23. The van der Waals surface area contributed by atoms with Gasteiger partial charge >= 0.3 is 6.03 Å². The number of rotatable bonds is 4. The minimum atomic E-state index is -0.440. The first-order chi connectivity index (χ1) is 12.9. The number of hydrogen-bond acceptors (Lipinski definition) is 4. The Morgan fingerprint density at radius 3 is 2.59 bits per heavy atom. The molecule has 1 aliphatic heterocycles. The number of benzene rings is 1. The van der Waals surface area contributed by atoms with E-state index in [4.69, 9.17) is 4.74 Å². The van der Waals surface area contributed by atoms with Gasteiger partial charge in [0.2, 0.25) is 0 Å². The van der Waals surface area contributed by atoms with E-state index in [1.807, 2.05) is 35.9 Å². The molecular weight excluding hydrogens is 346 g/mol. The van der Waals surface area contributed by atoms with E-state index in [1.165, 1.54) is 0 Å². The number of nitrogens with one attached hydrogen (secondary N) is 3. The van der Waals surface area contributed by atoms with Gasteiger partial charge in [-0.05, 0) is 19.9 Å². The molecule has 1 aromatic heterocycles. The second kappa shape index (κ2) is 7.98. The Labute approximate surface area is 158 Å². The van der Waals surface area contributed by atoms with Crippen molar-refractivity contribution in [1.82, 2.24) is 25.6 Å². The molecule has 8 heteroatoms. The normalized spacial score (nSPS) is 15.5. The Hall–Kier alpha value is -2.58. The maximum Gasteiger partial charge on any atom is 0.333 e. The number of amides is 3. The van der Waals surface area contributed by atoms with Gasteiger partial charge in [0.1, 0.15) is 0 Å². The van der Waals surface area contributed by atoms with Crippen LogP contribution in [0.2, 0.25) is 0 Å². The Morgan fingerprint density at radius 1 is 1.15 bits per heavy atom. The van der Waals surface area contributed by atoms with Crippen LogP contribution >= 0.6 is 0 Å². The molecule has 0 radical (unpaired) electrons. The standard InChI is InChI=1S/C19H27N5O3/c1-19(2,24-8-10-27-11-9-24)13-20-18(26)22-21-17(25)15-12-23(3)16-7-5-4-6-14(15)16/h4-7,12H,8-11,13H2,1-3H3,(H,21,25)(H2,20,22,26). The number of fused-ring (bicyclic) bond motifs is 1. The summed E-state index contributed by atoms with van der Waals surface area (Å²) in [6.07, 6.45) is 1.75. The average molecular weight is 373 g/mol. The van der Waals surface area contributed by atoms with Crippen LogP contribution in [0.3, 0.4) is 0 Å². The summed E-state index contributed by atoms with van der Waals surface area (Å²) >= 11 is 0. The van der Waals surface area contributed by atoms with Gasteiger partial charge in [-0.15, -0.1) is 0 Å². The van der Waals surface area contributed by atoms with Crippen LogP contribution in [0, 0.1) is 0 Å². The van der Waals surface area contributed by atoms with Gasteiger partial charge in [-0.2, -0.15) is 0 Å². The molecule has 1 aromatic carbocycles. The van der Waals surface area contributed by atoms with Crippen molar-refractivity contribution < 1.29 is 14.3 Å². The van der Waals surface area contributed by atoms with Crippen molar-refractivity contribution in [2.75, 3.05) is 32.8 Å². The molecule has 0 spiro atoms. The lowest BCUT2D eigenvalue weighted by molar-refractivity contribution is -0.00877. The van der Waals surface area contributed by atoms with E-state index in [0.29, 0.717) is 25.3 Å². The Kier molecular flexibility index (Phi) is 5.67. The van der Waals surface area contributed by atoms with E-state index in [2.05, 4.69) is 34.9 Å². The minimum Gasteiger partial charge on any atom is -0.379 e. The zero-order chi connectivity index (χ0) is 19.4. The molecule has 2 aromatic rings. The number of carbonyl (C=O) groups is 2. The van der Waals surface area contributed by atoms with Gasteiger partial charge in [0.25, 0.3) is 5.91 Å². The molecule has 3 amide bonds. The van der Waals surface area contributed by atoms with Crippen LogP contribution in [0.4, 0.5) is 4.79 Å². The number of urea groups is 1. The molecular formula is C19H27N5O3. The van der Waals surface area contributed by atoms with Gasteiger partial charge in [0.05, 0.1) is 18.8 Å². The van der Waals surface area contributed by atoms with Gasteiger partial charge in [-0.1, -0.05) is 18.2 Å². The fraction of sp³-hybridized carbons (Fsp3) is 0.474. The van der Waals surface area contributed by atoms with Crippen LogP contribution in [0.5, 0.6) is 0 Å². The van der Waals surface area contributed by atoms with E-state index in [9.17, 15) is 9.59 Å². The van der Waals surface area contributed by atoms with Crippen molar-refractivity contribution in [3.05, 3.63) is 36.0 Å². The van der Waals surface area contributed by atoms with Gasteiger partial charge < -0.3 is 14.6 Å². The number of morpholine rings is 1. The molecule has 1 fully saturated rings. The Balaban J connectivity index is 1.52. The van der Waals surface area contributed by atoms with Crippen LogP contribution in [0.15, 0.2) is 30.5 Å². The molecule has 2 heterocycles. The van der Waals surface area contributed by atoms with Gasteiger partial charge in [-0.25, -0.2) is 10.2 Å². The molecule has 0 atom stereocenters. The fourth-order valence-corrected chi connectivity index (χ4v) is 3.32. The molecule has 1 aliphatic rings.